The van der Waals surface area contributed by atoms with Gasteiger partial charge in [-0.25, -0.2) is 0 Å². The summed E-state index contributed by atoms with van der Waals surface area (Å²) in [5.41, 5.74) is 5.64. The third-order valence-electron chi connectivity index (χ3n) is 3.76. The van der Waals surface area contributed by atoms with E-state index in [9.17, 15) is 4.79 Å². The molecular weight excluding hydrogens is 200 g/mol. The maximum Gasteiger partial charge on any atom is 0.236 e. The largest absolute Gasteiger partial charge is 0.355 e. The summed E-state index contributed by atoms with van der Waals surface area (Å²) in [5.74, 6) is 1.72. The molecule has 0 radical (unpaired) electrons. The maximum absolute atomic E-state index is 11.4. The summed E-state index contributed by atoms with van der Waals surface area (Å²) in [7, 11) is 0. The Morgan fingerprint density at radius 2 is 2.00 bits per heavy atom. The molecule has 1 rings (SSSR count). The first-order chi connectivity index (χ1) is 7.63. The molecule has 0 bridgehead atoms. The Kier molecular flexibility index (Phi) is 5.81. The average molecular weight is 226 g/mol. The second-order valence-corrected chi connectivity index (χ2v) is 5.22. The van der Waals surface area contributed by atoms with E-state index in [2.05, 4.69) is 12.2 Å². The van der Waals surface area contributed by atoms with Crippen LogP contribution in [0.5, 0.6) is 0 Å². The molecule has 1 aliphatic rings. The minimum absolute atomic E-state index is 0.00618. The van der Waals surface area contributed by atoms with Gasteiger partial charge in [-0.1, -0.05) is 39.5 Å². The van der Waals surface area contributed by atoms with Crippen molar-refractivity contribution in [2.75, 3.05) is 6.54 Å². The highest BCUT2D eigenvalue weighted by molar-refractivity contribution is 5.81. The normalized spacial score (nSPS) is 27.4. The number of nitrogens with one attached hydrogen (secondary N) is 1. The van der Waals surface area contributed by atoms with E-state index in [0.717, 1.165) is 24.8 Å². The highest BCUT2D eigenvalue weighted by Gasteiger charge is 2.18. The molecule has 0 saturated heterocycles. The summed E-state index contributed by atoms with van der Waals surface area (Å²) >= 11 is 0. The van der Waals surface area contributed by atoms with E-state index in [1.807, 2.05) is 6.92 Å². The molecule has 1 amide bonds. The average Bonchev–Trinajstić information content (AvgIpc) is 2.30. The predicted octanol–water partition coefficient (Wildman–Crippen LogP) is 2.06. The number of rotatable bonds is 5. The van der Waals surface area contributed by atoms with Crippen LogP contribution in [0.25, 0.3) is 0 Å². The molecule has 0 aromatic rings. The van der Waals surface area contributed by atoms with E-state index >= 15 is 0 Å². The number of nitrogens with two attached hydrogens (primary N) is 1. The van der Waals surface area contributed by atoms with Gasteiger partial charge in [-0.05, 0) is 24.7 Å². The molecular formula is C13H26N2O. The van der Waals surface area contributed by atoms with Gasteiger partial charge >= 0.3 is 0 Å². The van der Waals surface area contributed by atoms with Gasteiger partial charge < -0.3 is 11.1 Å². The van der Waals surface area contributed by atoms with Crippen LogP contribution in [0.4, 0.5) is 0 Å². The first-order valence-electron chi connectivity index (χ1n) is 6.66. The highest BCUT2D eigenvalue weighted by Crippen LogP contribution is 2.29. The summed E-state index contributed by atoms with van der Waals surface area (Å²) in [4.78, 5) is 11.4. The van der Waals surface area contributed by atoms with Crippen molar-refractivity contribution in [3.05, 3.63) is 0 Å². The van der Waals surface area contributed by atoms with Crippen LogP contribution in [0.2, 0.25) is 0 Å². The monoisotopic (exact) mass is 226 g/mol. The lowest BCUT2D eigenvalue weighted by Gasteiger charge is -2.26. The Hall–Kier alpha value is -0.570. The molecule has 1 aliphatic carbocycles. The van der Waals surface area contributed by atoms with Crippen molar-refractivity contribution in [2.45, 2.75) is 58.4 Å². The predicted molar refractivity (Wildman–Crippen MR) is 67.0 cm³/mol. The number of amides is 1. The van der Waals surface area contributed by atoms with Crippen molar-refractivity contribution < 1.29 is 4.79 Å². The van der Waals surface area contributed by atoms with E-state index < -0.39 is 0 Å². The third kappa shape index (κ3) is 4.52. The molecule has 3 N–H and O–H groups in total. The molecule has 3 heteroatoms. The van der Waals surface area contributed by atoms with Crippen LogP contribution in [-0.2, 0) is 4.79 Å². The van der Waals surface area contributed by atoms with Gasteiger partial charge in [0, 0.05) is 6.54 Å². The van der Waals surface area contributed by atoms with E-state index in [-0.39, 0.29) is 11.9 Å². The van der Waals surface area contributed by atoms with Gasteiger partial charge in [0.1, 0.15) is 0 Å². The standard InChI is InChI=1S/C13H26N2O/c1-3-12(14)13(16)15-9-8-11-6-4-10(2)5-7-11/h10-12H,3-9,14H2,1-2H3,(H,15,16). The Bertz CT molecular complexity index is 210. The molecule has 94 valence electrons. The van der Waals surface area contributed by atoms with Crippen molar-refractivity contribution in [3.63, 3.8) is 0 Å². The van der Waals surface area contributed by atoms with Crippen LogP contribution in [0, 0.1) is 11.8 Å². The van der Waals surface area contributed by atoms with Crippen LogP contribution in [0.1, 0.15) is 52.4 Å². The maximum atomic E-state index is 11.4. The summed E-state index contributed by atoms with van der Waals surface area (Å²) < 4.78 is 0. The van der Waals surface area contributed by atoms with Gasteiger partial charge in [0.25, 0.3) is 0 Å². The molecule has 1 fully saturated rings. The zero-order valence-electron chi connectivity index (χ0n) is 10.7. The summed E-state index contributed by atoms with van der Waals surface area (Å²) in [5, 5.41) is 2.93. The molecule has 0 aromatic heterocycles. The number of hydrogen-bond acceptors (Lipinski definition) is 2. The molecule has 1 unspecified atom stereocenters. The second-order valence-electron chi connectivity index (χ2n) is 5.22. The SMILES string of the molecule is CCC(N)C(=O)NCCC1CCC(C)CC1. The van der Waals surface area contributed by atoms with Gasteiger partial charge in [0.05, 0.1) is 6.04 Å². The van der Waals surface area contributed by atoms with Crippen LogP contribution in [0.15, 0.2) is 0 Å². The summed E-state index contributed by atoms with van der Waals surface area (Å²) in [6.07, 6.45) is 7.20. The number of hydrogen-bond donors (Lipinski definition) is 2. The van der Waals surface area contributed by atoms with Gasteiger partial charge in [-0.2, -0.15) is 0 Å². The fraction of sp³-hybridized carbons (Fsp3) is 0.923. The molecule has 1 atom stereocenters. The topological polar surface area (TPSA) is 55.1 Å². The number of carbonyl (C=O) groups is 1. The Labute approximate surface area is 99.2 Å². The quantitative estimate of drug-likeness (QED) is 0.754. The number of carbonyl (C=O) groups excluding carboxylic acids is 1. The lowest BCUT2D eigenvalue weighted by atomic mass is 9.81. The van der Waals surface area contributed by atoms with E-state index in [4.69, 9.17) is 5.73 Å². The lowest BCUT2D eigenvalue weighted by Crippen LogP contribution is -2.40. The van der Waals surface area contributed by atoms with Gasteiger partial charge in [-0.15, -0.1) is 0 Å². The third-order valence-corrected chi connectivity index (χ3v) is 3.76. The Morgan fingerprint density at radius 1 is 1.38 bits per heavy atom. The summed E-state index contributed by atoms with van der Waals surface area (Å²) in [6.45, 7) is 5.07. The molecule has 3 nitrogen and oxygen atoms in total. The molecule has 0 heterocycles. The molecule has 0 aliphatic heterocycles. The first-order valence-corrected chi connectivity index (χ1v) is 6.66. The zero-order valence-corrected chi connectivity index (χ0v) is 10.7. The smallest absolute Gasteiger partial charge is 0.236 e. The van der Waals surface area contributed by atoms with Gasteiger partial charge in [-0.3, -0.25) is 4.79 Å². The van der Waals surface area contributed by atoms with Crippen LogP contribution in [-0.4, -0.2) is 18.5 Å². The highest BCUT2D eigenvalue weighted by atomic mass is 16.2. The van der Waals surface area contributed by atoms with Crippen LogP contribution in [0.3, 0.4) is 0 Å². The lowest BCUT2D eigenvalue weighted by molar-refractivity contribution is -0.122. The minimum atomic E-state index is -0.327. The molecule has 0 spiro atoms. The van der Waals surface area contributed by atoms with Crippen molar-refractivity contribution >= 4 is 5.91 Å². The van der Waals surface area contributed by atoms with E-state index in [0.29, 0.717) is 6.42 Å². The van der Waals surface area contributed by atoms with Gasteiger partial charge in [0.15, 0.2) is 0 Å². The fourth-order valence-electron chi connectivity index (χ4n) is 2.33. The van der Waals surface area contributed by atoms with Crippen molar-refractivity contribution in [2.24, 2.45) is 17.6 Å². The fourth-order valence-corrected chi connectivity index (χ4v) is 2.33. The van der Waals surface area contributed by atoms with Crippen LogP contribution >= 0.6 is 0 Å². The van der Waals surface area contributed by atoms with Crippen molar-refractivity contribution in [1.29, 1.82) is 0 Å². The minimum Gasteiger partial charge on any atom is -0.355 e. The van der Waals surface area contributed by atoms with Gasteiger partial charge in [0.2, 0.25) is 5.91 Å². The molecule has 0 aromatic carbocycles. The van der Waals surface area contributed by atoms with Crippen LogP contribution < -0.4 is 11.1 Å². The zero-order chi connectivity index (χ0) is 12.0. The molecule has 1 saturated carbocycles. The molecule has 16 heavy (non-hydrogen) atoms. The first kappa shape index (κ1) is 13.5. The Morgan fingerprint density at radius 3 is 2.56 bits per heavy atom. The van der Waals surface area contributed by atoms with Crippen molar-refractivity contribution in [3.8, 4) is 0 Å². The Balaban J connectivity index is 2.09. The summed E-state index contributed by atoms with van der Waals surface area (Å²) in [6, 6.07) is -0.327. The second kappa shape index (κ2) is 6.89. The van der Waals surface area contributed by atoms with E-state index in [1.165, 1.54) is 25.7 Å². The van der Waals surface area contributed by atoms with E-state index in [1.54, 1.807) is 0 Å². The van der Waals surface area contributed by atoms with Crippen molar-refractivity contribution in [1.82, 2.24) is 5.32 Å².